The molecule has 0 aliphatic carbocycles. The average Bonchev–Trinajstić information content (AvgIpc) is 2.50. The Morgan fingerprint density at radius 3 is 3.00 bits per heavy atom. The summed E-state index contributed by atoms with van der Waals surface area (Å²) in [5, 5.41) is 10.4. The molecule has 22 heavy (non-hydrogen) atoms. The van der Waals surface area contributed by atoms with Crippen LogP contribution in [0.15, 0.2) is 30.9 Å². The number of halogens is 1. The number of likely N-dealkylation sites (tertiary alicyclic amines) is 1. The molecule has 0 bridgehead atoms. The molecule has 1 fully saturated rings. The predicted molar refractivity (Wildman–Crippen MR) is 91.7 cm³/mol. The molecule has 1 unspecified atom stereocenters. The van der Waals surface area contributed by atoms with E-state index in [1.807, 2.05) is 31.2 Å². The van der Waals surface area contributed by atoms with E-state index in [2.05, 4.69) is 11.5 Å². The summed E-state index contributed by atoms with van der Waals surface area (Å²) >= 11 is 6.18. The molecule has 0 spiro atoms. The largest absolute Gasteiger partial charge is 0.491 e. The first kappa shape index (κ1) is 17.3. The lowest BCUT2D eigenvalue weighted by Gasteiger charge is -2.41. The maximum absolute atomic E-state index is 9.73. The van der Waals surface area contributed by atoms with E-state index in [0.29, 0.717) is 11.6 Å². The summed E-state index contributed by atoms with van der Waals surface area (Å²) in [5.41, 5.74) is 1.10. The van der Waals surface area contributed by atoms with Gasteiger partial charge in [-0.3, -0.25) is 4.90 Å². The van der Waals surface area contributed by atoms with Gasteiger partial charge in [-0.2, -0.15) is 0 Å². The highest BCUT2D eigenvalue weighted by atomic mass is 35.5. The molecule has 1 saturated heterocycles. The van der Waals surface area contributed by atoms with Crippen LogP contribution in [-0.2, 0) is 0 Å². The topological polar surface area (TPSA) is 32.7 Å². The molecule has 0 aromatic heterocycles. The number of benzene rings is 1. The highest BCUT2D eigenvalue weighted by molar-refractivity contribution is 6.32. The van der Waals surface area contributed by atoms with Crippen LogP contribution in [0.25, 0.3) is 0 Å². The number of aliphatic hydroxyl groups is 1. The fourth-order valence-corrected chi connectivity index (χ4v) is 3.46. The molecule has 1 N–H and O–H groups in total. The Bertz CT molecular complexity index is 506. The van der Waals surface area contributed by atoms with Crippen LogP contribution in [-0.4, -0.2) is 42.9 Å². The molecule has 1 atom stereocenters. The first-order chi connectivity index (χ1) is 10.6. The van der Waals surface area contributed by atoms with Gasteiger partial charge in [-0.15, -0.1) is 6.58 Å². The van der Waals surface area contributed by atoms with Crippen molar-refractivity contribution in [2.45, 2.75) is 26.2 Å². The third-order valence-corrected chi connectivity index (χ3v) is 4.70. The van der Waals surface area contributed by atoms with Crippen molar-refractivity contribution in [3.8, 4) is 5.75 Å². The van der Waals surface area contributed by atoms with E-state index in [9.17, 15) is 5.11 Å². The van der Waals surface area contributed by atoms with Gasteiger partial charge in [0, 0.05) is 18.5 Å². The lowest BCUT2D eigenvalue weighted by atomic mass is 9.78. The monoisotopic (exact) mass is 323 g/mol. The second kappa shape index (κ2) is 8.00. The summed E-state index contributed by atoms with van der Waals surface area (Å²) < 4.78 is 5.80. The molecule has 0 radical (unpaired) electrons. The molecule has 122 valence electrons. The Morgan fingerprint density at radius 1 is 1.50 bits per heavy atom. The van der Waals surface area contributed by atoms with Crippen LogP contribution in [0.2, 0.25) is 5.02 Å². The number of hydrogen-bond donors (Lipinski definition) is 1. The third kappa shape index (κ3) is 4.48. The van der Waals surface area contributed by atoms with E-state index >= 15 is 0 Å². The second-order valence-electron chi connectivity index (χ2n) is 6.31. The minimum absolute atomic E-state index is 0.0263. The van der Waals surface area contributed by atoms with Gasteiger partial charge in [0.05, 0.1) is 11.6 Å². The van der Waals surface area contributed by atoms with Crippen LogP contribution < -0.4 is 4.74 Å². The quantitative estimate of drug-likeness (QED) is 0.777. The number of nitrogens with zero attached hydrogens (tertiary/aromatic N) is 1. The zero-order valence-electron chi connectivity index (χ0n) is 13.4. The molecule has 2 rings (SSSR count). The number of aryl methyl sites for hydroxylation is 1. The summed E-state index contributed by atoms with van der Waals surface area (Å²) in [6.45, 7) is 9.48. The number of ether oxygens (including phenoxy) is 1. The van der Waals surface area contributed by atoms with Crippen molar-refractivity contribution < 1.29 is 9.84 Å². The summed E-state index contributed by atoms with van der Waals surface area (Å²) in [6, 6.07) is 5.84. The van der Waals surface area contributed by atoms with Crippen LogP contribution >= 0.6 is 11.6 Å². The van der Waals surface area contributed by atoms with E-state index in [4.69, 9.17) is 16.3 Å². The predicted octanol–water partition coefficient (Wildman–Crippen LogP) is 3.68. The summed E-state index contributed by atoms with van der Waals surface area (Å²) in [7, 11) is 0. The molecule has 1 aliphatic rings. The number of hydrogen-bond acceptors (Lipinski definition) is 3. The summed E-state index contributed by atoms with van der Waals surface area (Å²) in [4.78, 5) is 2.37. The van der Waals surface area contributed by atoms with Crippen LogP contribution in [0.3, 0.4) is 0 Å². The maximum atomic E-state index is 9.73. The zero-order valence-corrected chi connectivity index (χ0v) is 14.1. The molecule has 3 nitrogen and oxygen atoms in total. The van der Waals surface area contributed by atoms with Gasteiger partial charge in [-0.05, 0) is 50.4 Å². The Morgan fingerprint density at radius 2 is 2.32 bits per heavy atom. The Labute approximate surface area is 138 Å². The lowest BCUT2D eigenvalue weighted by Crippen LogP contribution is -2.46. The van der Waals surface area contributed by atoms with Gasteiger partial charge < -0.3 is 9.84 Å². The third-order valence-electron chi connectivity index (χ3n) is 4.41. The van der Waals surface area contributed by atoms with Gasteiger partial charge in [-0.25, -0.2) is 0 Å². The van der Waals surface area contributed by atoms with E-state index in [1.54, 1.807) is 0 Å². The number of allylic oxidation sites excluding steroid dienone is 1. The molecular formula is C18H26ClNO2. The van der Waals surface area contributed by atoms with E-state index in [1.165, 1.54) is 0 Å². The number of piperidine rings is 1. The first-order valence-corrected chi connectivity index (χ1v) is 8.29. The van der Waals surface area contributed by atoms with E-state index < -0.39 is 0 Å². The molecule has 1 heterocycles. The van der Waals surface area contributed by atoms with Crippen LogP contribution in [0.4, 0.5) is 0 Å². The smallest absolute Gasteiger partial charge is 0.137 e. The Kier molecular flexibility index (Phi) is 6.30. The van der Waals surface area contributed by atoms with Gasteiger partial charge in [-0.1, -0.05) is 23.7 Å². The molecule has 0 amide bonds. The fourth-order valence-electron chi connectivity index (χ4n) is 3.18. The highest BCUT2D eigenvalue weighted by Crippen LogP contribution is 2.33. The SMILES string of the molecule is C=CCC1(CO)CCCN(CCOc2ccc(C)cc2Cl)C1. The van der Waals surface area contributed by atoms with Crippen molar-refractivity contribution in [2.75, 3.05) is 32.8 Å². The van der Waals surface area contributed by atoms with Gasteiger partial charge in [0.15, 0.2) is 0 Å². The lowest BCUT2D eigenvalue weighted by molar-refractivity contribution is 0.0291. The van der Waals surface area contributed by atoms with Crippen LogP contribution in [0, 0.1) is 12.3 Å². The molecule has 4 heteroatoms. The van der Waals surface area contributed by atoms with Crippen molar-refractivity contribution in [1.82, 2.24) is 4.90 Å². The molecule has 1 aromatic rings. The highest BCUT2D eigenvalue weighted by Gasteiger charge is 2.33. The van der Waals surface area contributed by atoms with Gasteiger partial charge in [0.25, 0.3) is 0 Å². The molecule has 0 saturated carbocycles. The van der Waals surface area contributed by atoms with E-state index in [-0.39, 0.29) is 12.0 Å². The fraction of sp³-hybridized carbons (Fsp3) is 0.556. The summed E-state index contributed by atoms with van der Waals surface area (Å²) in [6.07, 6.45) is 4.96. The number of rotatable bonds is 7. The van der Waals surface area contributed by atoms with Gasteiger partial charge >= 0.3 is 0 Å². The zero-order chi connectivity index (χ0) is 16.0. The van der Waals surface area contributed by atoms with Gasteiger partial charge in [0.1, 0.15) is 12.4 Å². The van der Waals surface area contributed by atoms with Crippen LogP contribution in [0.1, 0.15) is 24.8 Å². The number of aliphatic hydroxyl groups excluding tert-OH is 1. The minimum Gasteiger partial charge on any atom is -0.491 e. The van der Waals surface area contributed by atoms with Crippen molar-refractivity contribution in [1.29, 1.82) is 0 Å². The second-order valence-corrected chi connectivity index (χ2v) is 6.72. The van der Waals surface area contributed by atoms with Crippen molar-refractivity contribution in [3.05, 3.63) is 41.4 Å². The molecule has 1 aromatic carbocycles. The first-order valence-electron chi connectivity index (χ1n) is 7.92. The molecular weight excluding hydrogens is 298 g/mol. The summed E-state index contributed by atoms with van der Waals surface area (Å²) in [5.74, 6) is 0.740. The van der Waals surface area contributed by atoms with E-state index in [0.717, 1.165) is 50.2 Å². The van der Waals surface area contributed by atoms with Crippen molar-refractivity contribution in [2.24, 2.45) is 5.41 Å². The standard InChI is InChI=1S/C18H26ClNO2/c1-3-7-18(14-21)8-4-9-20(13-18)10-11-22-17-6-5-15(2)12-16(17)19/h3,5-6,12,21H,1,4,7-11,13-14H2,2H3. The average molecular weight is 324 g/mol. The molecule has 1 aliphatic heterocycles. The van der Waals surface area contributed by atoms with Crippen molar-refractivity contribution in [3.63, 3.8) is 0 Å². The van der Waals surface area contributed by atoms with Crippen molar-refractivity contribution >= 4 is 11.6 Å². The Hall–Kier alpha value is -1.03. The van der Waals surface area contributed by atoms with Crippen LogP contribution in [0.5, 0.6) is 5.75 Å². The Balaban J connectivity index is 1.84. The maximum Gasteiger partial charge on any atom is 0.137 e. The van der Waals surface area contributed by atoms with Gasteiger partial charge in [0.2, 0.25) is 0 Å². The normalized spacial score (nSPS) is 22.5. The minimum atomic E-state index is -0.0263.